The third kappa shape index (κ3) is 4.49. The summed E-state index contributed by atoms with van der Waals surface area (Å²) in [6.45, 7) is 4.52. The zero-order chi connectivity index (χ0) is 29.6. The number of ketones is 1. The van der Waals surface area contributed by atoms with Crippen LogP contribution in [0.1, 0.15) is 45.4 Å². The van der Waals surface area contributed by atoms with Gasteiger partial charge in [0, 0.05) is 35.8 Å². The molecule has 7 N–H and O–H groups in total. The molecule has 0 bridgehead atoms. The number of amides is 2. The first kappa shape index (κ1) is 27.5. The van der Waals surface area contributed by atoms with E-state index in [2.05, 4.69) is 21.9 Å². The van der Waals surface area contributed by atoms with Crippen LogP contribution in [0.5, 0.6) is 11.6 Å². The van der Waals surface area contributed by atoms with Gasteiger partial charge in [-0.2, -0.15) is 0 Å². The first-order chi connectivity index (χ1) is 20.2. The number of thiophene rings is 1. The molecule has 1 aliphatic carbocycles. The van der Waals surface area contributed by atoms with E-state index >= 15 is 0 Å². The quantitative estimate of drug-likeness (QED) is 0.196. The Hall–Kier alpha value is -4.65. The van der Waals surface area contributed by atoms with Crippen molar-refractivity contribution in [2.24, 2.45) is 11.5 Å². The Bertz CT molecular complexity index is 1720. The van der Waals surface area contributed by atoms with Crippen molar-refractivity contribution >= 4 is 44.7 Å². The molecule has 2 aromatic heterocycles. The van der Waals surface area contributed by atoms with Crippen LogP contribution in [0.25, 0.3) is 10.1 Å². The molecule has 214 valence electrons. The number of nitrogens with one attached hydrogen (secondary N) is 1. The van der Waals surface area contributed by atoms with Crippen LogP contribution in [0.15, 0.2) is 67.5 Å². The van der Waals surface area contributed by atoms with Crippen LogP contribution >= 0.6 is 11.3 Å². The molecule has 0 saturated carbocycles. The lowest BCUT2D eigenvalue weighted by Gasteiger charge is -2.35. The number of para-hydroxylation sites is 1. The fourth-order valence-electron chi connectivity index (χ4n) is 5.67. The number of piperidine rings is 1. The summed E-state index contributed by atoms with van der Waals surface area (Å²) in [6, 6.07) is 11.0. The molecular formula is C30H29N7O4S. The highest BCUT2D eigenvalue weighted by Gasteiger charge is 2.50. The fourth-order valence-corrected chi connectivity index (χ4v) is 6.87. The molecule has 2 aliphatic rings. The number of anilines is 1. The second kappa shape index (κ2) is 10.6. The molecule has 1 aliphatic heterocycles. The zero-order valence-electron chi connectivity index (χ0n) is 22.6. The van der Waals surface area contributed by atoms with Gasteiger partial charge >= 0.3 is 0 Å². The number of carbonyl (C=O) groups excluding carboxylic acids is 3. The normalized spacial score (nSPS) is 21.7. The minimum absolute atomic E-state index is 0.182. The Labute approximate surface area is 245 Å². The Morgan fingerprint density at radius 2 is 1.95 bits per heavy atom. The summed E-state index contributed by atoms with van der Waals surface area (Å²) in [7, 11) is 0. The summed E-state index contributed by atoms with van der Waals surface area (Å²) in [6.07, 6.45) is 5.51. The first-order valence-electron chi connectivity index (χ1n) is 13.4. The smallest absolute Gasteiger partial charge is 0.262 e. The molecule has 2 aromatic carbocycles. The van der Waals surface area contributed by atoms with E-state index in [0.717, 1.165) is 6.42 Å². The number of hydrogen-bond donors (Lipinski definition) is 4. The van der Waals surface area contributed by atoms with Gasteiger partial charge in [-0.1, -0.05) is 30.8 Å². The van der Waals surface area contributed by atoms with Gasteiger partial charge in [-0.3, -0.25) is 19.4 Å². The largest absolute Gasteiger partial charge is 0.438 e. The number of nitrogen functional groups attached to an aromatic ring is 1. The number of nitrogens with two attached hydrogens (primary N) is 3. The van der Waals surface area contributed by atoms with Crippen molar-refractivity contribution in [2.45, 2.75) is 30.5 Å². The average molecular weight is 584 g/mol. The zero-order valence-corrected chi connectivity index (χ0v) is 23.4. The Kier molecular flexibility index (Phi) is 6.97. The number of rotatable bonds is 6. The number of ether oxygens (including phenoxy) is 1. The van der Waals surface area contributed by atoms with Gasteiger partial charge in [0.1, 0.15) is 11.3 Å². The van der Waals surface area contributed by atoms with Crippen LogP contribution in [0.4, 0.5) is 5.69 Å². The number of hydrogen-bond acceptors (Lipinski definition) is 10. The molecule has 1 fully saturated rings. The molecule has 12 heteroatoms. The van der Waals surface area contributed by atoms with Crippen molar-refractivity contribution in [1.29, 1.82) is 0 Å². The molecule has 3 heterocycles. The van der Waals surface area contributed by atoms with E-state index in [0.29, 0.717) is 52.2 Å². The first-order valence-corrected chi connectivity index (χ1v) is 14.3. The third-order valence-electron chi connectivity index (χ3n) is 7.76. The highest BCUT2D eigenvalue weighted by atomic mass is 32.1. The molecular weight excluding hydrogens is 554 g/mol. The highest BCUT2D eigenvalue weighted by molar-refractivity contribution is 7.21. The number of aromatic nitrogens is 2. The maximum Gasteiger partial charge on any atom is 0.262 e. The molecule has 0 radical (unpaired) electrons. The van der Waals surface area contributed by atoms with Gasteiger partial charge in [-0.05, 0) is 42.7 Å². The lowest BCUT2D eigenvalue weighted by Crippen LogP contribution is -2.53. The topological polar surface area (TPSA) is 180 Å². The van der Waals surface area contributed by atoms with Gasteiger partial charge in [-0.15, -0.1) is 11.3 Å². The molecule has 1 saturated heterocycles. The lowest BCUT2D eigenvalue weighted by atomic mass is 9.72. The molecule has 3 atom stereocenters. The average Bonchev–Trinajstić information content (AvgIpc) is 3.42. The predicted molar refractivity (Wildman–Crippen MR) is 159 cm³/mol. The summed E-state index contributed by atoms with van der Waals surface area (Å²) < 4.78 is 6.35. The van der Waals surface area contributed by atoms with Gasteiger partial charge in [0.25, 0.3) is 5.91 Å². The molecule has 42 heavy (non-hydrogen) atoms. The van der Waals surface area contributed by atoms with Crippen molar-refractivity contribution in [3.63, 3.8) is 0 Å². The Morgan fingerprint density at radius 3 is 2.67 bits per heavy atom. The van der Waals surface area contributed by atoms with Crippen molar-refractivity contribution < 1.29 is 19.1 Å². The van der Waals surface area contributed by atoms with Crippen LogP contribution in [0.3, 0.4) is 0 Å². The standard InChI is InChI=1S/C30H29N7O4S/c1-2-22(38)37-12-6-7-16(15-37)36-29(40)27-24-23-18(10-11-19(31)26(23)42-27)30(33,28(39)25(24)32)20-13-35-21(14-34-20)41-17-8-4-3-5-9-17/h2-5,8-11,13-14,16,25H,1,6-7,12,15,31-33H2,(H,36,40). The monoisotopic (exact) mass is 583 g/mol. The minimum atomic E-state index is -1.74. The second-order valence-corrected chi connectivity index (χ2v) is 11.4. The molecule has 6 rings (SSSR count). The van der Waals surface area contributed by atoms with Gasteiger partial charge in [0.05, 0.1) is 33.7 Å². The van der Waals surface area contributed by atoms with Crippen LogP contribution in [0, 0.1) is 0 Å². The number of Topliss-reactive ketones (excluding diaryl/α,β-unsaturated/α-hetero) is 1. The van der Waals surface area contributed by atoms with Crippen molar-refractivity contribution in [3.05, 3.63) is 89.2 Å². The highest BCUT2D eigenvalue weighted by Crippen LogP contribution is 2.49. The van der Waals surface area contributed by atoms with E-state index in [4.69, 9.17) is 21.9 Å². The van der Waals surface area contributed by atoms with Gasteiger partial charge in [0.15, 0.2) is 5.78 Å². The number of benzene rings is 2. The van der Waals surface area contributed by atoms with E-state index in [1.165, 1.54) is 29.8 Å². The maximum absolute atomic E-state index is 14.0. The van der Waals surface area contributed by atoms with Gasteiger partial charge < -0.3 is 32.2 Å². The summed E-state index contributed by atoms with van der Waals surface area (Å²) in [5.41, 5.74) is 19.5. The van der Waals surface area contributed by atoms with E-state index in [9.17, 15) is 14.4 Å². The summed E-state index contributed by atoms with van der Waals surface area (Å²) in [4.78, 5) is 50.4. The fraction of sp³-hybridized carbons (Fsp3) is 0.233. The van der Waals surface area contributed by atoms with E-state index in [1.54, 1.807) is 29.2 Å². The van der Waals surface area contributed by atoms with E-state index < -0.39 is 17.4 Å². The van der Waals surface area contributed by atoms with Gasteiger partial charge in [-0.25, -0.2) is 4.98 Å². The van der Waals surface area contributed by atoms with Crippen molar-refractivity contribution in [3.8, 4) is 11.6 Å². The molecule has 4 aromatic rings. The Morgan fingerprint density at radius 1 is 1.17 bits per heavy atom. The molecule has 11 nitrogen and oxygen atoms in total. The number of nitrogens with zero attached hydrogens (tertiary/aromatic N) is 3. The molecule has 2 amide bonds. The molecule has 0 spiro atoms. The number of likely N-dealkylation sites (tertiary alicyclic amines) is 1. The minimum Gasteiger partial charge on any atom is -0.438 e. The Balaban J connectivity index is 1.36. The van der Waals surface area contributed by atoms with E-state index in [1.807, 2.05) is 18.2 Å². The van der Waals surface area contributed by atoms with Crippen LogP contribution in [-0.4, -0.2) is 51.6 Å². The second-order valence-electron chi connectivity index (χ2n) is 10.4. The van der Waals surface area contributed by atoms with Crippen LogP contribution in [0.2, 0.25) is 0 Å². The summed E-state index contributed by atoms with van der Waals surface area (Å²) in [5.74, 6) is -0.280. The third-order valence-corrected chi connectivity index (χ3v) is 9.01. The number of carbonyl (C=O) groups is 3. The summed E-state index contributed by atoms with van der Waals surface area (Å²) in [5, 5.41) is 3.59. The van der Waals surface area contributed by atoms with E-state index in [-0.39, 0.29) is 34.3 Å². The lowest BCUT2D eigenvalue weighted by molar-refractivity contribution is -0.127. The van der Waals surface area contributed by atoms with Gasteiger partial charge in [0.2, 0.25) is 11.8 Å². The maximum atomic E-state index is 14.0. The van der Waals surface area contributed by atoms with Crippen molar-refractivity contribution in [2.75, 3.05) is 18.8 Å². The predicted octanol–water partition coefficient (Wildman–Crippen LogP) is 2.76. The SMILES string of the molecule is C=CC(=O)N1CCCC(NC(=O)c2sc3c(N)ccc4c3c2C(N)C(=O)C4(N)c2cnc(Oc3ccccc3)cn2)C1. The summed E-state index contributed by atoms with van der Waals surface area (Å²) >= 11 is 1.17. The van der Waals surface area contributed by atoms with Crippen LogP contribution < -0.4 is 27.3 Å². The van der Waals surface area contributed by atoms with Crippen molar-refractivity contribution in [1.82, 2.24) is 20.2 Å². The van der Waals surface area contributed by atoms with Crippen LogP contribution in [-0.2, 0) is 15.1 Å². The molecule has 3 unspecified atom stereocenters.